The lowest BCUT2D eigenvalue weighted by molar-refractivity contribution is -0.126. The Morgan fingerprint density at radius 2 is 1.60 bits per heavy atom. The Bertz CT molecular complexity index is 991. The number of carbonyl (C=O) groups excluding carboxylic acids is 2. The lowest BCUT2D eigenvalue weighted by atomic mass is 9.98. The van der Waals surface area contributed by atoms with Crippen LogP contribution in [0, 0.1) is 5.82 Å². The molecule has 0 saturated carbocycles. The van der Waals surface area contributed by atoms with Gasteiger partial charge in [-0.15, -0.1) is 0 Å². The van der Waals surface area contributed by atoms with Gasteiger partial charge in [0.2, 0.25) is 11.8 Å². The summed E-state index contributed by atoms with van der Waals surface area (Å²) in [4.78, 5) is 24.6. The largest absolute Gasteiger partial charge is 0.497 e. The summed E-state index contributed by atoms with van der Waals surface area (Å²) in [6.07, 6.45) is 0.00559. The summed E-state index contributed by atoms with van der Waals surface area (Å²) in [5, 5.41) is 5.54. The fourth-order valence-electron chi connectivity index (χ4n) is 3.09. The van der Waals surface area contributed by atoms with Crippen LogP contribution in [-0.2, 0) is 16.0 Å². The second kappa shape index (κ2) is 10.2. The zero-order chi connectivity index (χ0) is 21.3. The molecule has 3 rings (SSSR count). The van der Waals surface area contributed by atoms with Gasteiger partial charge in [-0.3, -0.25) is 9.59 Å². The summed E-state index contributed by atoms with van der Waals surface area (Å²) in [6, 6.07) is 22.5. The minimum atomic E-state index is -0.400. The molecule has 2 amide bonds. The minimum Gasteiger partial charge on any atom is -0.497 e. The Hall–Kier alpha value is -3.67. The predicted octanol–water partition coefficient (Wildman–Crippen LogP) is 3.40. The van der Waals surface area contributed by atoms with Gasteiger partial charge in [-0.2, -0.15) is 0 Å². The van der Waals surface area contributed by atoms with Crippen molar-refractivity contribution in [2.75, 3.05) is 13.7 Å². The number of carbonyl (C=O) groups is 2. The lowest BCUT2D eigenvalue weighted by Gasteiger charge is -2.20. The molecular formula is C24H23FN2O3. The van der Waals surface area contributed by atoms with E-state index in [-0.39, 0.29) is 30.8 Å². The van der Waals surface area contributed by atoms with Crippen molar-refractivity contribution in [2.45, 2.75) is 12.5 Å². The van der Waals surface area contributed by atoms with Crippen molar-refractivity contribution in [1.29, 1.82) is 0 Å². The highest BCUT2D eigenvalue weighted by molar-refractivity contribution is 5.86. The van der Waals surface area contributed by atoms with Gasteiger partial charge in [-0.25, -0.2) is 4.39 Å². The number of benzene rings is 3. The Morgan fingerprint density at radius 3 is 2.27 bits per heavy atom. The van der Waals surface area contributed by atoms with E-state index < -0.39 is 5.82 Å². The first-order valence-electron chi connectivity index (χ1n) is 9.54. The van der Waals surface area contributed by atoms with Crippen LogP contribution in [0.3, 0.4) is 0 Å². The summed E-state index contributed by atoms with van der Waals surface area (Å²) in [5.74, 6) is -0.353. The van der Waals surface area contributed by atoms with Gasteiger partial charge in [0.1, 0.15) is 11.6 Å². The summed E-state index contributed by atoms with van der Waals surface area (Å²) < 4.78 is 18.4. The number of methoxy groups -OCH3 is 1. The van der Waals surface area contributed by atoms with E-state index in [0.717, 1.165) is 16.9 Å². The summed E-state index contributed by atoms with van der Waals surface area (Å²) in [5.41, 5.74) is 2.36. The maximum Gasteiger partial charge on any atom is 0.240 e. The zero-order valence-electron chi connectivity index (χ0n) is 16.6. The maximum atomic E-state index is 13.2. The number of halogens is 1. The van der Waals surface area contributed by atoms with Crippen LogP contribution in [0.25, 0.3) is 0 Å². The SMILES string of the molecule is COc1ccc(C(NC(=O)CNC(=O)Cc2cccc(F)c2)c2ccccc2)cc1. The molecule has 0 saturated heterocycles. The summed E-state index contributed by atoms with van der Waals surface area (Å²) in [6.45, 7) is -0.173. The van der Waals surface area contributed by atoms with E-state index in [4.69, 9.17) is 4.74 Å². The molecule has 5 nitrogen and oxygen atoms in total. The van der Waals surface area contributed by atoms with E-state index in [0.29, 0.717) is 5.56 Å². The fourth-order valence-corrected chi connectivity index (χ4v) is 3.09. The van der Waals surface area contributed by atoms with Gasteiger partial charge in [0.15, 0.2) is 0 Å². The molecular weight excluding hydrogens is 383 g/mol. The molecule has 3 aromatic carbocycles. The number of amides is 2. The van der Waals surface area contributed by atoms with Crippen LogP contribution in [0.2, 0.25) is 0 Å². The van der Waals surface area contributed by atoms with Crippen molar-refractivity contribution < 1.29 is 18.7 Å². The lowest BCUT2D eigenvalue weighted by Crippen LogP contribution is -2.39. The molecule has 1 atom stereocenters. The smallest absolute Gasteiger partial charge is 0.240 e. The third kappa shape index (κ3) is 5.91. The van der Waals surface area contributed by atoms with E-state index in [2.05, 4.69) is 10.6 Å². The Morgan fingerprint density at radius 1 is 0.900 bits per heavy atom. The molecule has 0 aliphatic carbocycles. The molecule has 0 spiro atoms. The van der Waals surface area contributed by atoms with Crippen LogP contribution < -0.4 is 15.4 Å². The molecule has 6 heteroatoms. The quantitative estimate of drug-likeness (QED) is 0.603. The molecule has 0 aliphatic heterocycles. The van der Waals surface area contributed by atoms with Gasteiger partial charge >= 0.3 is 0 Å². The van der Waals surface area contributed by atoms with Gasteiger partial charge in [0.05, 0.1) is 26.1 Å². The third-order valence-electron chi connectivity index (χ3n) is 4.59. The van der Waals surface area contributed by atoms with Crippen molar-refractivity contribution in [3.8, 4) is 5.75 Å². The van der Waals surface area contributed by atoms with E-state index in [9.17, 15) is 14.0 Å². The van der Waals surface area contributed by atoms with Crippen molar-refractivity contribution in [2.24, 2.45) is 0 Å². The minimum absolute atomic E-state index is 0.00559. The molecule has 154 valence electrons. The van der Waals surface area contributed by atoms with Crippen LogP contribution in [0.15, 0.2) is 78.9 Å². The second-order valence-corrected chi connectivity index (χ2v) is 6.77. The molecule has 0 aromatic heterocycles. The van der Waals surface area contributed by atoms with E-state index in [1.807, 2.05) is 54.6 Å². The zero-order valence-corrected chi connectivity index (χ0v) is 16.6. The van der Waals surface area contributed by atoms with Gasteiger partial charge in [0.25, 0.3) is 0 Å². The van der Waals surface area contributed by atoms with Crippen LogP contribution in [0.1, 0.15) is 22.7 Å². The van der Waals surface area contributed by atoms with E-state index >= 15 is 0 Å². The fraction of sp³-hybridized carbons (Fsp3) is 0.167. The monoisotopic (exact) mass is 406 g/mol. The Labute approximate surface area is 174 Å². The van der Waals surface area contributed by atoms with Crippen molar-refractivity contribution in [3.05, 3.63) is 101 Å². The first-order chi connectivity index (χ1) is 14.5. The first kappa shape index (κ1) is 21.0. The number of rotatable bonds is 8. The number of hydrogen-bond donors (Lipinski definition) is 2. The van der Waals surface area contributed by atoms with Crippen LogP contribution in [0.4, 0.5) is 4.39 Å². The number of ether oxygens (including phenoxy) is 1. The summed E-state index contributed by atoms with van der Waals surface area (Å²) in [7, 11) is 1.60. The number of nitrogens with one attached hydrogen (secondary N) is 2. The van der Waals surface area contributed by atoms with Crippen molar-refractivity contribution in [1.82, 2.24) is 10.6 Å². The van der Waals surface area contributed by atoms with Gasteiger partial charge < -0.3 is 15.4 Å². The molecule has 1 unspecified atom stereocenters. The number of hydrogen-bond acceptors (Lipinski definition) is 3. The maximum absolute atomic E-state index is 13.2. The molecule has 0 fully saturated rings. The Kier molecular flexibility index (Phi) is 7.16. The highest BCUT2D eigenvalue weighted by Gasteiger charge is 2.17. The van der Waals surface area contributed by atoms with Crippen LogP contribution in [-0.4, -0.2) is 25.5 Å². The Balaban J connectivity index is 1.63. The van der Waals surface area contributed by atoms with E-state index in [1.165, 1.54) is 12.1 Å². The predicted molar refractivity (Wildman–Crippen MR) is 113 cm³/mol. The average molecular weight is 406 g/mol. The average Bonchev–Trinajstić information content (AvgIpc) is 2.77. The summed E-state index contributed by atoms with van der Waals surface area (Å²) >= 11 is 0. The van der Waals surface area contributed by atoms with Gasteiger partial charge in [0, 0.05) is 0 Å². The third-order valence-corrected chi connectivity index (χ3v) is 4.59. The van der Waals surface area contributed by atoms with Gasteiger partial charge in [-0.1, -0.05) is 54.6 Å². The topological polar surface area (TPSA) is 67.4 Å². The molecule has 3 aromatic rings. The molecule has 0 bridgehead atoms. The van der Waals surface area contributed by atoms with Crippen LogP contribution in [0.5, 0.6) is 5.75 Å². The molecule has 0 radical (unpaired) electrons. The molecule has 2 N–H and O–H groups in total. The second-order valence-electron chi connectivity index (χ2n) is 6.77. The molecule has 0 aliphatic rings. The van der Waals surface area contributed by atoms with Gasteiger partial charge in [-0.05, 0) is 41.0 Å². The molecule has 30 heavy (non-hydrogen) atoms. The highest BCUT2D eigenvalue weighted by atomic mass is 19.1. The molecule has 0 heterocycles. The standard InChI is InChI=1S/C24H23FN2O3/c1-30-21-12-10-19(11-13-21)24(18-7-3-2-4-8-18)27-23(29)16-26-22(28)15-17-6-5-9-20(25)14-17/h2-14,24H,15-16H2,1H3,(H,26,28)(H,27,29). The highest BCUT2D eigenvalue weighted by Crippen LogP contribution is 2.24. The van der Waals surface area contributed by atoms with E-state index in [1.54, 1.807) is 19.2 Å². The van der Waals surface area contributed by atoms with Crippen LogP contribution >= 0.6 is 0 Å². The van der Waals surface area contributed by atoms with Crippen molar-refractivity contribution in [3.63, 3.8) is 0 Å². The van der Waals surface area contributed by atoms with Crippen molar-refractivity contribution >= 4 is 11.8 Å². The normalized spacial score (nSPS) is 11.4. The first-order valence-corrected chi connectivity index (χ1v) is 9.54.